The highest BCUT2D eigenvalue weighted by Crippen LogP contribution is 2.51. The molecule has 1 rings (SSSR count). The van der Waals surface area contributed by atoms with Gasteiger partial charge >= 0.3 is 0 Å². The molecular weight excluding hydrogens is 471 g/mol. The molecule has 1 aliphatic heterocycles. The Hall–Kier alpha value is -0.0151. The fraction of sp³-hybridized carbons (Fsp3) is 1.00. The van der Waals surface area contributed by atoms with Gasteiger partial charge < -0.3 is 10.2 Å². The molecule has 231 valence electrons. The zero-order valence-corrected chi connectivity index (χ0v) is 30.4. The van der Waals surface area contributed by atoms with Crippen LogP contribution in [-0.4, -0.2) is 41.8 Å². The molecule has 0 spiro atoms. The minimum atomic E-state index is 0.123. The second-order valence-corrected chi connectivity index (χ2v) is 19.1. The predicted octanol–water partition coefficient (Wildman–Crippen LogP) is 10.3. The Kier molecular flexibility index (Phi) is 12.4. The molecule has 5 unspecified atom stereocenters. The van der Waals surface area contributed by atoms with E-state index in [1.807, 2.05) is 0 Å². The second-order valence-electron chi connectivity index (χ2n) is 19.1. The Morgan fingerprint density at radius 2 is 1.31 bits per heavy atom. The molecule has 0 aromatic carbocycles. The molecule has 39 heavy (non-hydrogen) atoms. The van der Waals surface area contributed by atoms with Crippen LogP contribution in [0.2, 0.25) is 6.82 Å². The fourth-order valence-corrected chi connectivity index (χ4v) is 7.56. The Morgan fingerprint density at radius 3 is 1.72 bits per heavy atom. The van der Waals surface area contributed by atoms with E-state index in [9.17, 15) is 0 Å². The molecular formula is C36H74BN2. The quantitative estimate of drug-likeness (QED) is 0.232. The van der Waals surface area contributed by atoms with E-state index in [4.69, 9.17) is 0 Å². The van der Waals surface area contributed by atoms with Crippen LogP contribution in [0, 0.1) is 39.4 Å². The number of hydrogen-bond donors (Lipinski definition) is 1. The highest BCUT2D eigenvalue weighted by molar-refractivity contribution is 6.36. The van der Waals surface area contributed by atoms with Crippen molar-refractivity contribution in [2.24, 2.45) is 39.4 Å². The van der Waals surface area contributed by atoms with E-state index >= 15 is 0 Å². The van der Waals surface area contributed by atoms with E-state index in [-0.39, 0.29) is 16.5 Å². The van der Waals surface area contributed by atoms with Crippen molar-refractivity contribution in [3.8, 4) is 0 Å². The molecule has 2 nitrogen and oxygen atoms in total. The largest absolute Gasteiger partial charge is 0.307 e. The van der Waals surface area contributed by atoms with E-state index in [1.54, 1.807) is 0 Å². The Morgan fingerprint density at radius 1 is 0.769 bits per heavy atom. The third-order valence-corrected chi connectivity index (χ3v) is 10.4. The maximum absolute atomic E-state index is 3.97. The molecule has 0 aromatic rings. The van der Waals surface area contributed by atoms with Crippen molar-refractivity contribution in [1.82, 2.24) is 10.2 Å². The summed E-state index contributed by atoms with van der Waals surface area (Å²) in [5.41, 5.74) is 1.68. The predicted molar refractivity (Wildman–Crippen MR) is 179 cm³/mol. The molecule has 1 aliphatic rings. The second kappa shape index (κ2) is 13.1. The zero-order chi connectivity index (χ0) is 30.8. The molecule has 1 saturated heterocycles. The first-order valence-electron chi connectivity index (χ1n) is 16.6. The van der Waals surface area contributed by atoms with Crippen LogP contribution in [-0.2, 0) is 0 Å². The van der Waals surface area contributed by atoms with Crippen LogP contribution in [0.5, 0.6) is 0 Å². The molecule has 5 atom stereocenters. The number of nitrogens with one attached hydrogen (secondary N) is 1. The first kappa shape index (κ1) is 37.0. The summed E-state index contributed by atoms with van der Waals surface area (Å²) < 4.78 is 0. The van der Waals surface area contributed by atoms with Crippen molar-refractivity contribution >= 4 is 7.28 Å². The standard InChI is InChI=1S/C36H74BN2/c1-19-35(14,15)38-36(16,17)22-23-39-26(2)28(29(30(39)37-18)33(9,10)11)24-27(32(6,7)8)25-34(12,13)21-20-31(3,4)5/h26-30,38H,19-25H2,1-18H3. The number of nitrogens with zero attached hydrogens (tertiary/aromatic N) is 1. The summed E-state index contributed by atoms with van der Waals surface area (Å²) in [7, 11) is 2.54. The Bertz CT molecular complexity index is 731. The molecule has 1 fully saturated rings. The van der Waals surface area contributed by atoms with Gasteiger partial charge in [-0.05, 0) is 125 Å². The van der Waals surface area contributed by atoms with Crippen LogP contribution in [0.3, 0.4) is 0 Å². The lowest BCUT2D eigenvalue weighted by atomic mass is 9.56. The van der Waals surface area contributed by atoms with Gasteiger partial charge in [0.1, 0.15) is 7.28 Å². The zero-order valence-electron chi connectivity index (χ0n) is 30.4. The summed E-state index contributed by atoms with van der Waals surface area (Å²) in [6.07, 6.45) is 7.63. The Labute approximate surface area is 249 Å². The molecule has 0 bridgehead atoms. The number of hydrogen-bond acceptors (Lipinski definition) is 2. The first-order valence-corrected chi connectivity index (χ1v) is 16.6. The summed E-state index contributed by atoms with van der Waals surface area (Å²) >= 11 is 0. The molecule has 1 radical (unpaired) electrons. The molecule has 0 aromatic heterocycles. The van der Waals surface area contributed by atoms with Gasteiger partial charge in [0.15, 0.2) is 0 Å². The average molecular weight is 546 g/mol. The van der Waals surface area contributed by atoms with Gasteiger partial charge in [0.25, 0.3) is 0 Å². The van der Waals surface area contributed by atoms with Gasteiger partial charge in [-0.1, -0.05) is 89.9 Å². The van der Waals surface area contributed by atoms with Crippen LogP contribution >= 0.6 is 0 Å². The van der Waals surface area contributed by atoms with Crippen LogP contribution < -0.4 is 5.32 Å². The summed E-state index contributed by atoms with van der Waals surface area (Å²) in [5, 5.41) is 3.97. The highest BCUT2D eigenvalue weighted by Gasteiger charge is 2.51. The van der Waals surface area contributed by atoms with E-state index in [1.165, 1.54) is 32.1 Å². The van der Waals surface area contributed by atoms with Crippen molar-refractivity contribution < 1.29 is 0 Å². The SMILES string of the molecule is C[B]C1C(C(C)(C)C)C(CC(CC(C)(C)CCC(C)(C)C)C(C)(C)C)C(C)N1CCC(C)(C)NC(C)(C)CC. The number of rotatable bonds is 13. The molecule has 1 N–H and O–H groups in total. The third-order valence-electron chi connectivity index (χ3n) is 10.4. The van der Waals surface area contributed by atoms with E-state index in [2.05, 4.69) is 142 Å². The maximum Gasteiger partial charge on any atom is 0.130 e. The van der Waals surface area contributed by atoms with Gasteiger partial charge in [0.05, 0.1) is 0 Å². The first-order chi connectivity index (χ1) is 17.3. The van der Waals surface area contributed by atoms with Crippen LogP contribution in [0.15, 0.2) is 0 Å². The lowest BCUT2D eigenvalue weighted by Crippen LogP contribution is -2.53. The van der Waals surface area contributed by atoms with Gasteiger partial charge in [0, 0.05) is 17.1 Å². The molecule has 0 saturated carbocycles. The van der Waals surface area contributed by atoms with Crippen molar-refractivity contribution in [3.63, 3.8) is 0 Å². The van der Waals surface area contributed by atoms with E-state index in [0.717, 1.165) is 24.8 Å². The summed E-state index contributed by atoms with van der Waals surface area (Å²) in [6.45, 7) is 45.2. The monoisotopic (exact) mass is 546 g/mol. The maximum atomic E-state index is 3.97. The lowest BCUT2D eigenvalue weighted by Gasteiger charge is -2.43. The van der Waals surface area contributed by atoms with Crippen LogP contribution in [0.25, 0.3) is 0 Å². The fourth-order valence-electron chi connectivity index (χ4n) is 7.56. The summed E-state index contributed by atoms with van der Waals surface area (Å²) in [6, 6.07) is 0.605. The highest BCUT2D eigenvalue weighted by atomic mass is 15.2. The van der Waals surface area contributed by atoms with Crippen molar-refractivity contribution in [2.75, 3.05) is 6.54 Å². The van der Waals surface area contributed by atoms with Gasteiger partial charge in [-0.15, -0.1) is 0 Å². The molecule has 1 heterocycles. The van der Waals surface area contributed by atoms with E-state index in [0.29, 0.717) is 34.1 Å². The topological polar surface area (TPSA) is 15.3 Å². The molecule has 0 amide bonds. The van der Waals surface area contributed by atoms with Gasteiger partial charge in [-0.3, -0.25) is 0 Å². The van der Waals surface area contributed by atoms with Crippen molar-refractivity contribution in [2.45, 2.75) is 186 Å². The van der Waals surface area contributed by atoms with Gasteiger partial charge in [-0.25, -0.2) is 0 Å². The number of likely N-dealkylation sites (tertiary alicyclic amines) is 1. The molecule has 0 aliphatic carbocycles. The smallest absolute Gasteiger partial charge is 0.130 e. The van der Waals surface area contributed by atoms with Crippen molar-refractivity contribution in [3.05, 3.63) is 0 Å². The van der Waals surface area contributed by atoms with E-state index < -0.39 is 0 Å². The third kappa shape index (κ3) is 11.6. The summed E-state index contributed by atoms with van der Waals surface area (Å²) in [4.78, 5) is 2.90. The molecule has 3 heteroatoms. The van der Waals surface area contributed by atoms with Crippen LogP contribution in [0.1, 0.15) is 156 Å². The lowest BCUT2D eigenvalue weighted by molar-refractivity contribution is 0.0809. The van der Waals surface area contributed by atoms with Gasteiger partial charge in [-0.2, -0.15) is 0 Å². The Balaban J connectivity index is 3.27. The van der Waals surface area contributed by atoms with Crippen LogP contribution in [0.4, 0.5) is 0 Å². The minimum Gasteiger partial charge on any atom is -0.307 e. The van der Waals surface area contributed by atoms with Gasteiger partial charge in [0.2, 0.25) is 0 Å². The van der Waals surface area contributed by atoms with Crippen molar-refractivity contribution in [1.29, 1.82) is 0 Å². The minimum absolute atomic E-state index is 0.123. The normalized spacial score (nSPS) is 25.3. The average Bonchev–Trinajstić information content (AvgIpc) is 2.99. The summed E-state index contributed by atoms with van der Waals surface area (Å²) in [5.74, 6) is 2.68.